The van der Waals surface area contributed by atoms with Crippen LogP contribution in [0, 0.1) is 5.41 Å². The van der Waals surface area contributed by atoms with Crippen LogP contribution in [0.4, 0.5) is 0 Å². The van der Waals surface area contributed by atoms with Crippen LogP contribution >= 0.6 is 23.2 Å². The minimum atomic E-state index is -1.01. The van der Waals surface area contributed by atoms with Gasteiger partial charge in [0, 0.05) is 29.1 Å². The molecule has 0 spiro atoms. The summed E-state index contributed by atoms with van der Waals surface area (Å²) >= 11 is 12.5. The number of likely N-dealkylation sites (tertiary alicyclic amines) is 1. The minimum absolute atomic E-state index is 0.107. The van der Waals surface area contributed by atoms with Gasteiger partial charge in [0.2, 0.25) is 5.91 Å². The van der Waals surface area contributed by atoms with Gasteiger partial charge in [-0.3, -0.25) is 9.59 Å². The molecule has 2 aromatic carbocycles. The van der Waals surface area contributed by atoms with Gasteiger partial charge in [-0.15, -0.1) is 0 Å². The highest BCUT2D eigenvalue weighted by molar-refractivity contribution is 6.30. The van der Waals surface area contributed by atoms with Crippen molar-refractivity contribution in [3.8, 4) is 0 Å². The Morgan fingerprint density at radius 3 is 2.56 bits per heavy atom. The molecule has 2 aromatic rings. The maximum Gasteiger partial charge on any atom is 0.304 e. The van der Waals surface area contributed by atoms with E-state index in [1.807, 2.05) is 53.4 Å². The average Bonchev–Trinajstić information content (AvgIpc) is 3.30. The van der Waals surface area contributed by atoms with E-state index in [9.17, 15) is 14.7 Å². The number of hydrogen-bond acceptors (Lipinski definition) is 3. The second kappa shape index (κ2) is 10.7. The summed E-state index contributed by atoms with van der Waals surface area (Å²) in [5.41, 5.74) is 0.976. The lowest BCUT2D eigenvalue weighted by molar-refractivity contribution is -0.157. The molecule has 4 atom stereocenters. The van der Waals surface area contributed by atoms with E-state index in [4.69, 9.17) is 27.9 Å². The summed E-state index contributed by atoms with van der Waals surface area (Å²) in [4.78, 5) is 27.6. The Morgan fingerprint density at radius 1 is 1.15 bits per heavy atom. The summed E-state index contributed by atoms with van der Waals surface area (Å²) in [5, 5.41) is 10.9. The summed E-state index contributed by atoms with van der Waals surface area (Å²) < 4.78 is 5.78. The summed E-state index contributed by atoms with van der Waals surface area (Å²) in [6.45, 7) is 3.12. The Labute approximate surface area is 211 Å². The average molecular weight is 504 g/mol. The van der Waals surface area contributed by atoms with Gasteiger partial charge in [0.25, 0.3) is 0 Å². The van der Waals surface area contributed by atoms with Gasteiger partial charge >= 0.3 is 5.97 Å². The Bertz CT molecular complexity index is 1020. The predicted octanol–water partition coefficient (Wildman–Crippen LogP) is 6.49. The molecule has 2 saturated heterocycles. The first kappa shape index (κ1) is 25.0. The highest BCUT2D eigenvalue weighted by Crippen LogP contribution is 2.51. The maximum atomic E-state index is 13.9. The number of benzene rings is 2. The predicted molar refractivity (Wildman–Crippen MR) is 133 cm³/mol. The molecular weight excluding hydrogens is 473 g/mol. The third-order valence-electron chi connectivity index (χ3n) is 7.14. The van der Waals surface area contributed by atoms with Crippen LogP contribution in [0.5, 0.6) is 0 Å². The molecule has 2 aliphatic heterocycles. The van der Waals surface area contributed by atoms with E-state index in [1.54, 1.807) is 6.92 Å². The van der Waals surface area contributed by atoms with Gasteiger partial charge in [0.1, 0.15) is 0 Å². The van der Waals surface area contributed by atoms with Crippen molar-refractivity contribution in [2.75, 3.05) is 13.2 Å². The van der Waals surface area contributed by atoms with E-state index in [1.165, 1.54) is 0 Å². The molecule has 4 unspecified atom stereocenters. The van der Waals surface area contributed by atoms with E-state index >= 15 is 0 Å². The number of ether oxygens (including phenoxy) is 1. The highest BCUT2D eigenvalue weighted by atomic mass is 35.5. The first-order chi connectivity index (χ1) is 16.3. The fourth-order valence-corrected chi connectivity index (χ4v) is 5.89. The zero-order valence-corrected chi connectivity index (χ0v) is 20.9. The molecule has 1 amide bonds. The molecule has 2 heterocycles. The normalized spacial score (nSPS) is 27.2. The molecule has 0 radical (unpaired) electrons. The number of piperidine rings is 1. The lowest BCUT2D eigenvalue weighted by Crippen LogP contribution is -2.52. The van der Waals surface area contributed by atoms with Gasteiger partial charge < -0.3 is 14.7 Å². The SMILES string of the molecule is CC1(CC(=O)O)CC(c2cccc(Cl)c2)C(c2ccc(Cl)cc2)N(CCCC2CCCO2)C1=O. The Hall–Kier alpha value is -2.08. The molecular formula is C27H31Cl2NO4. The number of carboxylic acid groups (broad SMARTS) is 1. The number of rotatable bonds is 8. The first-order valence-electron chi connectivity index (χ1n) is 11.9. The summed E-state index contributed by atoms with van der Waals surface area (Å²) in [6, 6.07) is 15.0. The van der Waals surface area contributed by atoms with Crippen LogP contribution in [-0.4, -0.2) is 41.1 Å². The molecule has 0 saturated carbocycles. The van der Waals surface area contributed by atoms with Crippen molar-refractivity contribution in [3.63, 3.8) is 0 Å². The molecule has 7 heteroatoms. The van der Waals surface area contributed by atoms with Crippen LogP contribution in [0.1, 0.15) is 68.5 Å². The van der Waals surface area contributed by atoms with Crippen LogP contribution in [-0.2, 0) is 14.3 Å². The quantitative estimate of drug-likeness (QED) is 0.446. The van der Waals surface area contributed by atoms with E-state index in [0.717, 1.165) is 43.4 Å². The van der Waals surface area contributed by atoms with Gasteiger partial charge in [-0.2, -0.15) is 0 Å². The van der Waals surface area contributed by atoms with Crippen molar-refractivity contribution in [1.29, 1.82) is 0 Å². The van der Waals surface area contributed by atoms with Crippen LogP contribution in [0.2, 0.25) is 10.0 Å². The van der Waals surface area contributed by atoms with Crippen molar-refractivity contribution in [2.24, 2.45) is 5.41 Å². The van der Waals surface area contributed by atoms with Gasteiger partial charge in [-0.1, -0.05) is 54.4 Å². The topological polar surface area (TPSA) is 66.8 Å². The van der Waals surface area contributed by atoms with Gasteiger partial charge in [-0.05, 0) is 67.5 Å². The second-order valence-corrected chi connectivity index (χ2v) is 10.6. The van der Waals surface area contributed by atoms with Gasteiger partial charge in [-0.25, -0.2) is 0 Å². The third-order valence-corrected chi connectivity index (χ3v) is 7.63. The number of carbonyl (C=O) groups excluding carboxylic acids is 1. The molecule has 5 nitrogen and oxygen atoms in total. The number of carbonyl (C=O) groups is 2. The maximum absolute atomic E-state index is 13.9. The van der Waals surface area contributed by atoms with Crippen molar-refractivity contribution in [3.05, 3.63) is 69.7 Å². The minimum Gasteiger partial charge on any atom is -0.481 e. The van der Waals surface area contributed by atoms with E-state index in [-0.39, 0.29) is 30.4 Å². The zero-order chi connectivity index (χ0) is 24.3. The lowest BCUT2D eigenvalue weighted by atomic mass is 9.67. The largest absolute Gasteiger partial charge is 0.481 e. The summed E-state index contributed by atoms with van der Waals surface area (Å²) in [7, 11) is 0. The fourth-order valence-electron chi connectivity index (χ4n) is 5.57. The molecule has 2 aliphatic rings. The van der Waals surface area contributed by atoms with Crippen molar-refractivity contribution in [2.45, 2.75) is 63.5 Å². The number of nitrogens with zero attached hydrogens (tertiary/aromatic N) is 1. The second-order valence-electron chi connectivity index (χ2n) is 9.77. The number of halogens is 2. The number of aliphatic carboxylic acids is 1. The molecule has 0 bridgehead atoms. The molecule has 2 fully saturated rings. The number of amides is 1. The molecule has 1 N–H and O–H groups in total. The molecule has 0 aromatic heterocycles. The zero-order valence-electron chi connectivity index (χ0n) is 19.4. The third kappa shape index (κ3) is 5.59. The Morgan fingerprint density at radius 2 is 1.91 bits per heavy atom. The smallest absolute Gasteiger partial charge is 0.304 e. The Balaban J connectivity index is 1.73. The first-order valence-corrected chi connectivity index (χ1v) is 12.7. The van der Waals surface area contributed by atoms with E-state index < -0.39 is 11.4 Å². The molecule has 34 heavy (non-hydrogen) atoms. The van der Waals surface area contributed by atoms with Crippen molar-refractivity contribution in [1.82, 2.24) is 4.90 Å². The van der Waals surface area contributed by atoms with Crippen molar-refractivity contribution < 1.29 is 19.4 Å². The molecule has 0 aliphatic carbocycles. The number of hydrogen-bond donors (Lipinski definition) is 1. The lowest BCUT2D eigenvalue weighted by Gasteiger charge is -2.49. The summed E-state index contributed by atoms with van der Waals surface area (Å²) in [5.74, 6) is -1.19. The van der Waals surface area contributed by atoms with Crippen LogP contribution in [0.15, 0.2) is 48.5 Å². The van der Waals surface area contributed by atoms with Gasteiger partial charge in [0.05, 0.1) is 24.0 Å². The standard InChI is InChI=1S/C27H31Cl2NO4/c1-27(17-24(31)32)16-23(19-5-2-6-21(29)15-19)25(18-9-11-20(28)12-10-18)30(26(27)33)13-3-7-22-8-4-14-34-22/h2,5-6,9-12,15,22-23,25H,3-4,7-8,13-14,16-17H2,1H3,(H,31,32). The van der Waals surface area contributed by atoms with E-state index in [2.05, 4.69) is 0 Å². The van der Waals surface area contributed by atoms with Crippen LogP contribution in [0.25, 0.3) is 0 Å². The van der Waals surface area contributed by atoms with Gasteiger partial charge in [0.15, 0.2) is 0 Å². The Kier molecular flexibility index (Phi) is 7.86. The molecule has 4 rings (SSSR count). The van der Waals surface area contributed by atoms with E-state index in [0.29, 0.717) is 23.0 Å². The van der Waals surface area contributed by atoms with Crippen molar-refractivity contribution >= 4 is 35.1 Å². The fraction of sp³-hybridized carbons (Fsp3) is 0.481. The molecule has 182 valence electrons. The summed E-state index contributed by atoms with van der Waals surface area (Å²) in [6.07, 6.45) is 4.26. The van der Waals surface area contributed by atoms with Crippen LogP contribution in [0.3, 0.4) is 0 Å². The van der Waals surface area contributed by atoms with Crippen LogP contribution < -0.4 is 0 Å². The highest BCUT2D eigenvalue weighted by Gasteiger charge is 2.50. The number of carboxylic acids is 1. The monoisotopic (exact) mass is 503 g/mol.